The Labute approximate surface area is 225 Å². The molecule has 0 atom stereocenters. The molecule has 1 aliphatic rings. The topological polar surface area (TPSA) is 78.4 Å². The van der Waals surface area contributed by atoms with Crippen molar-refractivity contribution in [3.8, 4) is 11.1 Å². The van der Waals surface area contributed by atoms with Crippen LogP contribution in [0.25, 0.3) is 11.1 Å². The molecule has 1 N–H and O–H groups in total. The quantitative estimate of drug-likeness (QED) is 0.329. The van der Waals surface area contributed by atoms with Crippen LogP contribution in [0, 0.1) is 0 Å². The van der Waals surface area contributed by atoms with E-state index in [1.165, 1.54) is 5.56 Å². The molecule has 7 nitrogen and oxygen atoms in total. The predicted molar refractivity (Wildman–Crippen MR) is 151 cm³/mol. The molecule has 38 heavy (non-hydrogen) atoms. The van der Waals surface area contributed by atoms with Gasteiger partial charge in [0, 0.05) is 37.1 Å². The number of likely N-dealkylation sites (tertiary alicyclic amines) is 1. The number of sulfonamides is 1. The number of piperidine rings is 1. The van der Waals surface area contributed by atoms with Crippen LogP contribution >= 0.6 is 0 Å². The van der Waals surface area contributed by atoms with Gasteiger partial charge >= 0.3 is 0 Å². The molecule has 1 aliphatic heterocycles. The Morgan fingerprint density at radius 2 is 1.42 bits per heavy atom. The Hall–Kier alpha value is -3.59. The lowest BCUT2D eigenvalue weighted by Crippen LogP contribution is -2.46. The maximum absolute atomic E-state index is 13.7. The van der Waals surface area contributed by atoms with E-state index in [1.807, 2.05) is 48.5 Å². The van der Waals surface area contributed by atoms with Gasteiger partial charge in [0.25, 0.3) is 0 Å². The van der Waals surface area contributed by atoms with Crippen LogP contribution < -0.4 is 5.32 Å². The zero-order valence-electron chi connectivity index (χ0n) is 21.6. The SMILES string of the molecule is CN1CCC(N(Cc2ccc(-c3cnc(NCc4ccccc4)nc3)cc2)S(=O)(=O)c2ccccc2)CC1. The third-order valence-electron chi connectivity index (χ3n) is 7.02. The van der Waals surface area contributed by atoms with Crippen LogP contribution in [0.2, 0.25) is 0 Å². The summed E-state index contributed by atoms with van der Waals surface area (Å²) in [6.45, 7) is 2.78. The van der Waals surface area contributed by atoms with Gasteiger partial charge in [0.05, 0.1) is 4.90 Å². The van der Waals surface area contributed by atoms with Crippen molar-refractivity contribution >= 4 is 16.0 Å². The molecular weight excluding hydrogens is 494 g/mol. The van der Waals surface area contributed by atoms with Gasteiger partial charge in [-0.25, -0.2) is 18.4 Å². The minimum atomic E-state index is -3.62. The average molecular weight is 528 g/mol. The molecule has 0 amide bonds. The van der Waals surface area contributed by atoms with Gasteiger partial charge in [-0.2, -0.15) is 4.31 Å². The molecule has 0 spiro atoms. The standard InChI is InChI=1S/C30H33N5O2S/c1-34-18-16-28(17-19-34)35(38(36,37)29-10-6-3-7-11-29)23-25-12-14-26(15-13-25)27-21-32-30(33-22-27)31-20-24-8-4-2-5-9-24/h2-15,21-22,28H,16-20,23H2,1H3,(H,31,32,33). The highest BCUT2D eigenvalue weighted by atomic mass is 32.2. The van der Waals surface area contributed by atoms with Gasteiger partial charge in [0.15, 0.2) is 0 Å². The maximum Gasteiger partial charge on any atom is 0.243 e. The monoisotopic (exact) mass is 527 g/mol. The molecule has 1 saturated heterocycles. The van der Waals surface area contributed by atoms with E-state index < -0.39 is 10.0 Å². The second kappa shape index (κ2) is 11.9. The first kappa shape index (κ1) is 26.0. The zero-order chi connectivity index (χ0) is 26.4. The first-order valence-electron chi connectivity index (χ1n) is 12.9. The van der Waals surface area contributed by atoms with Gasteiger partial charge in [0.1, 0.15) is 0 Å². The first-order chi connectivity index (χ1) is 18.5. The minimum absolute atomic E-state index is 0.0274. The summed E-state index contributed by atoms with van der Waals surface area (Å²) >= 11 is 0. The summed E-state index contributed by atoms with van der Waals surface area (Å²) in [5, 5.41) is 3.24. The normalized spacial score (nSPS) is 15.0. The van der Waals surface area contributed by atoms with Crippen LogP contribution in [0.4, 0.5) is 5.95 Å². The molecule has 2 heterocycles. The van der Waals surface area contributed by atoms with Gasteiger partial charge < -0.3 is 10.2 Å². The van der Waals surface area contributed by atoms with Crippen molar-refractivity contribution in [3.63, 3.8) is 0 Å². The highest BCUT2D eigenvalue weighted by Gasteiger charge is 2.33. The molecular formula is C30H33N5O2S. The van der Waals surface area contributed by atoms with Gasteiger partial charge in [-0.05, 0) is 61.8 Å². The minimum Gasteiger partial charge on any atom is -0.350 e. The summed E-state index contributed by atoms with van der Waals surface area (Å²) in [5.41, 5.74) is 4.01. The number of anilines is 1. The molecule has 0 unspecified atom stereocenters. The highest BCUT2D eigenvalue weighted by molar-refractivity contribution is 7.89. The summed E-state index contributed by atoms with van der Waals surface area (Å²) in [6.07, 6.45) is 5.26. The van der Waals surface area contributed by atoms with Crippen LogP contribution in [0.5, 0.6) is 0 Å². The maximum atomic E-state index is 13.7. The summed E-state index contributed by atoms with van der Waals surface area (Å²) < 4.78 is 29.0. The Morgan fingerprint density at radius 3 is 2.05 bits per heavy atom. The molecule has 0 saturated carbocycles. The number of benzene rings is 3. The second-order valence-corrected chi connectivity index (χ2v) is 11.6. The Kier molecular flexibility index (Phi) is 8.12. The average Bonchev–Trinajstić information content (AvgIpc) is 2.97. The molecule has 5 rings (SSSR count). The summed E-state index contributed by atoms with van der Waals surface area (Å²) in [6, 6.07) is 26.9. The Balaban J connectivity index is 1.30. The van der Waals surface area contributed by atoms with Crippen molar-refractivity contribution in [1.82, 2.24) is 19.2 Å². The van der Waals surface area contributed by atoms with E-state index in [-0.39, 0.29) is 6.04 Å². The fourth-order valence-electron chi connectivity index (χ4n) is 4.75. The van der Waals surface area contributed by atoms with Crippen molar-refractivity contribution in [1.29, 1.82) is 0 Å². The van der Waals surface area contributed by atoms with Gasteiger partial charge in [0.2, 0.25) is 16.0 Å². The molecule has 8 heteroatoms. The largest absolute Gasteiger partial charge is 0.350 e. The molecule has 1 aromatic heterocycles. The summed E-state index contributed by atoms with van der Waals surface area (Å²) in [4.78, 5) is 11.5. The van der Waals surface area contributed by atoms with Crippen molar-refractivity contribution in [2.75, 3.05) is 25.5 Å². The van der Waals surface area contributed by atoms with E-state index >= 15 is 0 Å². The number of rotatable bonds is 9. The number of aromatic nitrogens is 2. The van der Waals surface area contributed by atoms with E-state index in [0.29, 0.717) is 23.9 Å². The lowest BCUT2D eigenvalue weighted by Gasteiger charge is -2.36. The molecule has 0 bridgehead atoms. The lowest BCUT2D eigenvalue weighted by molar-refractivity contribution is 0.179. The molecule has 1 fully saturated rings. The number of nitrogens with zero attached hydrogens (tertiary/aromatic N) is 4. The van der Waals surface area contributed by atoms with Crippen LogP contribution in [0.1, 0.15) is 24.0 Å². The fraction of sp³-hybridized carbons (Fsp3) is 0.267. The Bertz CT molecular complexity index is 1410. The molecule has 3 aromatic carbocycles. The van der Waals surface area contributed by atoms with Crippen molar-refractivity contribution in [2.45, 2.75) is 36.9 Å². The summed E-state index contributed by atoms with van der Waals surface area (Å²) in [5.74, 6) is 0.578. The van der Waals surface area contributed by atoms with E-state index in [0.717, 1.165) is 42.6 Å². The summed E-state index contributed by atoms with van der Waals surface area (Å²) in [7, 11) is -1.54. The van der Waals surface area contributed by atoms with Crippen molar-refractivity contribution in [2.24, 2.45) is 0 Å². The molecule has 4 aromatic rings. The van der Waals surface area contributed by atoms with Crippen LogP contribution in [-0.4, -0.2) is 53.8 Å². The number of hydrogen-bond donors (Lipinski definition) is 1. The van der Waals surface area contributed by atoms with Crippen LogP contribution in [0.15, 0.2) is 102 Å². The second-order valence-electron chi connectivity index (χ2n) is 9.73. The fourth-order valence-corrected chi connectivity index (χ4v) is 6.44. The predicted octanol–water partition coefficient (Wildman–Crippen LogP) is 5.04. The van der Waals surface area contributed by atoms with E-state index in [1.54, 1.807) is 41.0 Å². The van der Waals surface area contributed by atoms with Crippen molar-refractivity contribution in [3.05, 3.63) is 108 Å². The zero-order valence-corrected chi connectivity index (χ0v) is 22.4. The van der Waals surface area contributed by atoms with E-state index in [9.17, 15) is 8.42 Å². The van der Waals surface area contributed by atoms with E-state index in [4.69, 9.17) is 0 Å². The third kappa shape index (κ3) is 6.27. The van der Waals surface area contributed by atoms with Crippen LogP contribution in [-0.2, 0) is 23.1 Å². The number of hydrogen-bond acceptors (Lipinski definition) is 6. The van der Waals surface area contributed by atoms with Gasteiger partial charge in [-0.1, -0.05) is 72.8 Å². The van der Waals surface area contributed by atoms with Gasteiger partial charge in [-0.3, -0.25) is 0 Å². The lowest BCUT2D eigenvalue weighted by atomic mass is 10.0. The third-order valence-corrected chi connectivity index (χ3v) is 8.93. The van der Waals surface area contributed by atoms with Crippen LogP contribution in [0.3, 0.4) is 0 Å². The van der Waals surface area contributed by atoms with Gasteiger partial charge in [-0.15, -0.1) is 0 Å². The molecule has 196 valence electrons. The Morgan fingerprint density at radius 1 is 0.816 bits per heavy atom. The molecule has 0 radical (unpaired) electrons. The van der Waals surface area contributed by atoms with Crippen molar-refractivity contribution < 1.29 is 8.42 Å². The van der Waals surface area contributed by atoms with E-state index in [2.05, 4.69) is 39.4 Å². The first-order valence-corrected chi connectivity index (χ1v) is 14.4. The smallest absolute Gasteiger partial charge is 0.243 e. The highest BCUT2D eigenvalue weighted by Crippen LogP contribution is 2.27. The number of nitrogens with one attached hydrogen (secondary N) is 1. The molecule has 0 aliphatic carbocycles.